The molecule has 2 aliphatic heterocycles. The van der Waals surface area contributed by atoms with E-state index in [-0.39, 0.29) is 36.7 Å². The Balaban J connectivity index is 1.49. The van der Waals surface area contributed by atoms with E-state index in [1.165, 1.54) is 0 Å². The number of hydrogen-bond donors (Lipinski definition) is 1. The lowest BCUT2D eigenvalue weighted by molar-refractivity contribution is -0.154. The van der Waals surface area contributed by atoms with Gasteiger partial charge in [-0.05, 0) is 45.6 Å². The summed E-state index contributed by atoms with van der Waals surface area (Å²) in [6.07, 6.45) is 6.43. The number of carbonyl (C=O) groups excluding carboxylic acids is 2. The number of piperidine rings is 1. The molecule has 0 aliphatic carbocycles. The van der Waals surface area contributed by atoms with Gasteiger partial charge in [-0.1, -0.05) is 0 Å². The van der Waals surface area contributed by atoms with Crippen molar-refractivity contribution in [1.82, 2.24) is 15.3 Å². The number of aromatic nitrogens is 2. The van der Waals surface area contributed by atoms with Crippen LogP contribution in [0, 0.1) is 5.41 Å². The molecule has 1 spiro atoms. The number of carbonyl (C=O) groups is 2. The summed E-state index contributed by atoms with van der Waals surface area (Å²) in [6.45, 7) is 7.65. The smallest absolute Gasteiger partial charge is 0.306 e. The van der Waals surface area contributed by atoms with E-state index in [2.05, 4.69) is 20.2 Å². The number of esters is 1. The van der Waals surface area contributed by atoms with Crippen molar-refractivity contribution in [2.75, 3.05) is 31.1 Å². The SMILES string of the molecule is CC(C)(C)OC(=O)CC/C(=C\F)COc1cnc(N2CCCC3(CNC(=O)C3)C2)nc1. The first kappa shape index (κ1) is 23.0. The molecular formula is C22H31FN4O4. The van der Waals surface area contributed by atoms with E-state index in [9.17, 15) is 14.0 Å². The van der Waals surface area contributed by atoms with Crippen LogP contribution in [0.4, 0.5) is 10.3 Å². The number of ether oxygens (including phenoxy) is 2. The summed E-state index contributed by atoms with van der Waals surface area (Å²) >= 11 is 0. The highest BCUT2D eigenvalue weighted by molar-refractivity contribution is 5.79. The minimum atomic E-state index is -0.565. The van der Waals surface area contributed by atoms with E-state index in [1.807, 2.05) is 0 Å². The molecule has 3 heterocycles. The third-order valence-electron chi connectivity index (χ3n) is 5.40. The van der Waals surface area contributed by atoms with Crippen molar-refractivity contribution in [3.63, 3.8) is 0 Å². The predicted octanol–water partition coefficient (Wildman–Crippen LogP) is 2.94. The highest BCUT2D eigenvalue weighted by atomic mass is 19.1. The Hall–Kier alpha value is -2.71. The van der Waals surface area contributed by atoms with Crippen molar-refractivity contribution in [3.8, 4) is 5.75 Å². The van der Waals surface area contributed by atoms with Crippen LogP contribution in [0.25, 0.3) is 0 Å². The Labute approximate surface area is 182 Å². The number of anilines is 1. The van der Waals surface area contributed by atoms with Gasteiger partial charge in [0.05, 0.1) is 18.7 Å². The largest absolute Gasteiger partial charge is 0.486 e. The van der Waals surface area contributed by atoms with Gasteiger partial charge < -0.3 is 19.7 Å². The molecule has 1 amide bonds. The molecule has 1 atom stereocenters. The van der Waals surface area contributed by atoms with Crippen LogP contribution in [0.2, 0.25) is 0 Å². The summed E-state index contributed by atoms with van der Waals surface area (Å²) in [5.74, 6) is 0.745. The topological polar surface area (TPSA) is 93.7 Å². The number of rotatable bonds is 7. The quantitative estimate of drug-likeness (QED) is 0.660. The summed E-state index contributed by atoms with van der Waals surface area (Å²) in [4.78, 5) is 34.3. The molecular weight excluding hydrogens is 403 g/mol. The lowest BCUT2D eigenvalue weighted by atomic mass is 9.79. The van der Waals surface area contributed by atoms with Crippen LogP contribution in [-0.2, 0) is 14.3 Å². The second-order valence-electron chi connectivity index (χ2n) is 9.34. The zero-order valence-electron chi connectivity index (χ0n) is 18.4. The van der Waals surface area contributed by atoms with Gasteiger partial charge in [0.15, 0.2) is 5.75 Å². The number of nitrogens with one attached hydrogen (secondary N) is 1. The van der Waals surface area contributed by atoms with Crippen LogP contribution in [0.3, 0.4) is 0 Å². The predicted molar refractivity (Wildman–Crippen MR) is 113 cm³/mol. The van der Waals surface area contributed by atoms with E-state index in [1.54, 1.807) is 33.2 Å². The van der Waals surface area contributed by atoms with E-state index in [0.29, 0.717) is 36.6 Å². The maximum atomic E-state index is 13.2. The van der Waals surface area contributed by atoms with Crippen LogP contribution < -0.4 is 15.0 Å². The second-order valence-corrected chi connectivity index (χ2v) is 9.34. The van der Waals surface area contributed by atoms with Crippen LogP contribution in [0.15, 0.2) is 24.3 Å². The molecule has 31 heavy (non-hydrogen) atoms. The Morgan fingerprint density at radius 1 is 1.32 bits per heavy atom. The zero-order chi connectivity index (χ0) is 22.5. The van der Waals surface area contributed by atoms with Crippen molar-refractivity contribution in [2.45, 2.75) is 58.5 Å². The van der Waals surface area contributed by atoms with E-state index in [4.69, 9.17) is 9.47 Å². The summed E-state index contributed by atoms with van der Waals surface area (Å²) < 4.78 is 24.0. The molecule has 3 rings (SSSR count). The van der Waals surface area contributed by atoms with Gasteiger partial charge >= 0.3 is 5.97 Å². The van der Waals surface area contributed by atoms with Gasteiger partial charge in [0, 0.05) is 37.9 Å². The fourth-order valence-electron chi connectivity index (χ4n) is 3.96. The minimum absolute atomic E-state index is 0.00259. The van der Waals surface area contributed by atoms with Gasteiger partial charge in [-0.2, -0.15) is 0 Å². The fraction of sp³-hybridized carbons (Fsp3) is 0.636. The molecule has 2 saturated heterocycles. The van der Waals surface area contributed by atoms with Gasteiger partial charge in [-0.25, -0.2) is 14.4 Å². The molecule has 2 fully saturated rings. The summed E-state index contributed by atoms with van der Waals surface area (Å²) in [5, 5.41) is 2.93. The van der Waals surface area contributed by atoms with E-state index >= 15 is 0 Å². The first-order valence-corrected chi connectivity index (χ1v) is 10.6. The molecule has 0 aromatic carbocycles. The lowest BCUT2D eigenvalue weighted by Gasteiger charge is -2.39. The molecule has 1 aromatic heterocycles. The Kier molecular flexibility index (Phi) is 7.12. The van der Waals surface area contributed by atoms with Crippen molar-refractivity contribution in [3.05, 3.63) is 24.3 Å². The average molecular weight is 435 g/mol. The van der Waals surface area contributed by atoms with Crippen LogP contribution in [-0.4, -0.2) is 53.7 Å². The van der Waals surface area contributed by atoms with Gasteiger partial charge in [-0.3, -0.25) is 9.59 Å². The highest BCUT2D eigenvalue weighted by Gasteiger charge is 2.42. The van der Waals surface area contributed by atoms with Crippen LogP contribution in [0.5, 0.6) is 5.75 Å². The van der Waals surface area contributed by atoms with E-state index < -0.39 is 5.60 Å². The first-order valence-electron chi connectivity index (χ1n) is 10.6. The molecule has 1 unspecified atom stereocenters. The minimum Gasteiger partial charge on any atom is -0.486 e. The molecule has 9 heteroatoms. The third-order valence-corrected chi connectivity index (χ3v) is 5.40. The molecule has 0 saturated carbocycles. The number of amides is 1. The van der Waals surface area contributed by atoms with Crippen molar-refractivity contribution in [1.29, 1.82) is 0 Å². The molecule has 8 nitrogen and oxygen atoms in total. The van der Waals surface area contributed by atoms with Gasteiger partial charge in [0.2, 0.25) is 11.9 Å². The third kappa shape index (κ3) is 6.63. The standard InChI is InChI=1S/C22H31FN4O4/c1-21(2,3)31-19(29)6-5-16(10-23)13-30-17-11-24-20(25-12-17)27-8-4-7-22(15-27)9-18(28)26-14-22/h10-12H,4-9,13-15H2,1-3H3,(H,26,28)/b16-10+. The van der Waals surface area contributed by atoms with Crippen molar-refractivity contribution >= 4 is 17.8 Å². The summed E-state index contributed by atoms with van der Waals surface area (Å²) in [7, 11) is 0. The average Bonchev–Trinajstić information content (AvgIpc) is 3.06. The lowest BCUT2D eigenvalue weighted by Crippen LogP contribution is -2.45. The Bertz CT molecular complexity index is 822. The molecule has 0 radical (unpaired) electrons. The second kappa shape index (κ2) is 9.62. The van der Waals surface area contributed by atoms with Gasteiger partial charge in [0.1, 0.15) is 12.2 Å². The molecule has 170 valence electrons. The number of hydrogen-bond acceptors (Lipinski definition) is 7. The van der Waals surface area contributed by atoms with Gasteiger partial charge in [-0.15, -0.1) is 0 Å². The Morgan fingerprint density at radius 3 is 2.68 bits per heavy atom. The monoisotopic (exact) mass is 434 g/mol. The maximum absolute atomic E-state index is 13.2. The summed E-state index contributed by atoms with van der Waals surface area (Å²) in [5.41, 5.74) is -0.251. The summed E-state index contributed by atoms with van der Waals surface area (Å²) in [6, 6.07) is 0. The maximum Gasteiger partial charge on any atom is 0.306 e. The van der Waals surface area contributed by atoms with Crippen molar-refractivity contribution < 1.29 is 23.5 Å². The van der Waals surface area contributed by atoms with Crippen molar-refractivity contribution in [2.24, 2.45) is 5.41 Å². The van der Waals surface area contributed by atoms with Crippen LogP contribution >= 0.6 is 0 Å². The molecule has 2 aliphatic rings. The zero-order valence-corrected chi connectivity index (χ0v) is 18.4. The van der Waals surface area contributed by atoms with Gasteiger partial charge in [0.25, 0.3) is 0 Å². The highest BCUT2D eigenvalue weighted by Crippen LogP contribution is 2.37. The van der Waals surface area contributed by atoms with E-state index in [0.717, 1.165) is 25.9 Å². The molecule has 1 N–H and O–H groups in total. The normalized spacial score (nSPS) is 21.9. The first-order chi connectivity index (χ1) is 14.7. The number of nitrogens with zero attached hydrogens (tertiary/aromatic N) is 3. The number of halogens is 1. The fourth-order valence-corrected chi connectivity index (χ4v) is 3.96. The van der Waals surface area contributed by atoms with Crippen LogP contribution in [0.1, 0.15) is 52.9 Å². The Morgan fingerprint density at radius 2 is 2.06 bits per heavy atom. The molecule has 1 aromatic rings. The molecule has 0 bridgehead atoms.